The summed E-state index contributed by atoms with van der Waals surface area (Å²) in [6.07, 6.45) is 0.104. The molecule has 4 N–H and O–H groups in total. The molecule has 1 heterocycles. The lowest BCUT2D eigenvalue weighted by Crippen LogP contribution is -2.52. The van der Waals surface area contributed by atoms with E-state index in [9.17, 15) is 9.90 Å². The number of urea groups is 1. The fourth-order valence-electron chi connectivity index (χ4n) is 4.37. The highest BCUT2D eigenvalue weighted by atomic mass is 16.5. The van der Waals surface area contributed by atoms with Crippen LogP contribution in [0.1, 0.15) is 31.3 Å². The largest absolute Gasteiger partial charge is 0.508 e. The molecule has 1 saturated heterocycles. The maximum absolute atomic E-state index is 13.1. The van der Waals surface area contributed by atoms with Gasteiger partial charge in [-0.2, -0.15) is 0 Å². The van der Waals surface area contributed by atoms with Gasteiger partial charge in [0.25, 0.3) is 0 Å². The molecule has 4 rings (SSSR count). The number of piperazine rings is 1. The Morgan fingerprint density at radius 1 is 1.03 bits per heavy atom. The molecule has 1 aliphatic rings. The minimum absolute atomic E-state index is 0.192. The summed E-state index contributed by atoms with van der Waals surface area (Å²) in [5.41, 5.74) is 1.92. The van der Waals surface area contributed by atoms with Crippen molar-refractivity contribution in [3.05, 3.63) is 84.3 Å². The number of nitrogens with one attached hydrogen (secondary N) is 1. The maximum Gasteiger partial charge on any atom is 0.336 e. The lowest BCUT2D eigenvalue weighted by molar-refractivity contribution is -0.00214. The molecule has 0 bridgehead atoms. The van der Waals surface area contributed by atoms with Crippen LogP contribution in [-0.2, 0) is 11.3 Å². The van der Waals surface area contributed by atoms with Crippen LogP contribution >= 0.6 is 0 Å². The van der Waals surface area contributed by atoms with Gasteiger partial charge in [0.2, 0.25) is 0 Å². The zero-order chi connectivity index (χ0) is 29.7. The summed E-state index contributed by atoms with van der Waals surface area (Å²) in [6, 6.07) is 14.2. The summed E-state index contributed by atoms with van der Waals surface area (Å²) in [5, 5.41) is 13.1. The molecule has 196 valence electrons. The van der Waals surface area contributed by atoms with Crippen molar-refractivity contribution in [1.82, 2.24) is 5.01 Å². The molecule has 0 spiro atoms. The minimum Gasteiger partial charge on any atom is -0.508 e. The molecule has 1 aliphatic heterocycles. The third-order valence-electron chi connectivity index (χ3n) is 6.56. The number of carbonyl (C=O) groups is 1. The normalized spacial score (nSPS) is 16.7. The van der Waals surface area contributed by atoms with Gasteiger partial charge in [-0.1, -0.05) is 37.3 Å². The Labute approximate surface area is 224 Å². The Hall–Kier alpha value is -3.75. The number of nitrogens with two attached hydrogens (primary N) is 1. The van der Waals surface area contributed by atoms with E-state index in [0.717, 1.165) is 16.3 Å². The van der Waals surface area contributed by atoms with Crippen molar-refractivity contribution in [2.45, 2.75) is 39.0 Å². The Kier molecular flexibility index (Phi) is 7.20. The second-order valence-electron chi connectivity index (χ2n) is 9.03. The van der Waals surface area contributed by atoms with Gasteiger partial charge in [0.15, 0.2) is 0 Å². The van der Waals surface area contributed by atoms with Crippen molar-refractivity contribution < 1.29 is 20.1 Å². The highest BCUT2D eigenvalue weighted by Crippen LogP contribution is 2.24. The Balaban J connectivity index is 1.44. The third-order valence-corrected chi connectivity index (χ3v) is 6.56. The van der Waals surface area contributed by atoms with Crippen molar-refractivity contribution in [2.75, 3.05) is 41.3 Å². The number of hydrogen-bond acceptors (Lipinski definition) is 6. The van der Waals surface area contributed by atoms with E-state index in [4.69, 9.17) is 16.1 Å². The number of benzene rings is 3. The van der Waals surface area contributed by atoms with E-state index in [1.807, 2.05) is 61.2 Å². The van der Waals surface area contributed by atoms with E-state index in [0.29, 0.717) is 39.2 Å². The quantitative estimate of drug-likeness (QED) is 0.219. The molecule has 2 atom stereocenters. The summed E-state index contributed by atoms with van der Waals surface area (Å²) < 4.78 is 40.4. The molecule has 1 fully saturated rings. The van der Waals surface area contributed by atoms with Gasteiger partial charge in [-0.3, -0.25) is 5.01 Å². The lowest BCUT2D eigenvalue weighted by atomic mass is 10.1. The van der Waals surface area contributed by atoms with E-state index >= 15 is 0 Å². The number of hydrogen-bond donors (Lipinski definition) is 3. The number of anilines is 3. The van der Waals surface area contributed by atoms with Crippen molar-refractivity contribution in [2.24, 2.45) is 5.84 Å². The first-order chi connectivity index (χ1) is 19.6. The van der Waals surface area contributed by atoms with E-state index < -0.39 is 18.2 Å². The van der Waals surface area contributed by atoms with Crippen LogP contribution < -0.4 is 21.0 Å². The van der Waals surface area contributed by atoms with Crippen LogP contribution in [0.4, 0.5) is 21.9 Å². The number of hydrazine groups is 1. The molecule has 3 aromatic rings. The van der Waals surface area contributed by atoms with E-state index in [1.165, 1.54) is 0 Å². The minimum atomic E-state index is -0.747. The fourth-order valence-corrected chi connectivity index (χ4v) is 4.37. The van der Waals surface area contributed by atoms with Gasteiger partial charge < -0.3 is 25.0 Å². The molecule has 0 aromatic heterocycles. The van der Waals surface area contributed by atoms with Gasteiger partial charge in [0, 0.05) is 43.2 Å². The Bertz CT molecular complexity index is 1310. The van der Waals surface area contributed by atoms with Gasteiger partial charge in [-0.05, 0) is 67.3 Å². The van der Waals surface area contributed by atoms with Gasteiger partial charge in [0.05, 0.1) is 24.2 Å². The smallest absolute Gasteiger partial charge is 0.336 e. The molecule has 3 aromatic carbocycles. The fraction of sp³-hybridized carbons (Fsp3) is 0.345. The van der Waals surface area contributed by atoms with E-state index in [1.54, 1.807) is 12.1 Å². The predicted molar refractivity (Wildman–Crippen MR) is 149 cm³/mol. The van der Waals surface area contributed by atoms with Gasteiger partial charge in [0.1, 0.15) is 5.75 Å². The van der Waals surface area contributed by atoms with Crippen molar-refractivity contribution >= 4 is 23.1 Å². The number of nitrogens with zero attached hydrogens (tertiary/aromatic N) is 3. The molecule has 8 heteroatoms. The van der Waals surface area contributed by atoms with Crippen LogP contribution in [0.2, 0.25) is 0 Å². The van der Waals surface area contributed by atoms with Crippen LogP contribution in [0.25, 0.3) is 0 Å². The van der Waals surface area contributed by atoms with Crippen molar-refractivity contribution in [3.8, 4) is 5.75 Å². The maximum atomic E-state index is 13.1. The standard InChI is InChI=1S/C29H37N5O3/c1-3-28(22(2)37-21-23-7-5-4-6-8-23)34(30)29(36)31-24-9-11-25(12-10-24)32-17-19-33(20-18-32)26-13-15-27(35)16-14-26/h4-16,22,28,35H,3,17-21,30H2,1-2H3,(H,31,36)/t22-,28+/m0/s1/i9D,10D,11D,12D. The van der Waals surface area contributed by atoms with Gasteiger partial charge in [-0.25, -0.2) is 10.6 Å². The molecule has 0 aliphatic carbocycles. The average Bonchev–Trinajstić information content (AvgIpc) is 2.99. The predicted octanol–water partition coefficient (Wildman–Crippen LogP) is 4.81. The van der Waals surface area contributed by atoms with Crippen molar-refractivity contribution in [1.29, 1.82) is 0 Å². The first-order valence-corrected chi connectivity index (χ1v) is 12.5. The van der Waals surface area contributed by atoms with Crippen LogP contribution in [0.15, 0.2) is 78.8 Å². The number of rotatable bonds is 9. The van der Waals surface area contributed by atoms with Crippen molar-refractivity contribution in [3.63, 3.8) is 0 Å². The number of phenols is 1. The van der Waals surface area contributed by atoms with Gasteiger partial charge in [-0.15, -0.1) is 0 Å². The first kappa shape index (κ1) is 21.3. The molecular formula is C29H37N5O3. The van der Waals surface area contributed by atoms with Gasteiger partial charge >= 0.3 is 6.03 Å². The molecule has 2 amide bonds. The number of carbonyl (C=O) groups excluding carboxylic acids is 1. The number of aromatic hydroxyl groups is 1. The highest BCUT2D eigenvalue weighted by molar-refractivity contribution is 5.89. The summed E-state index contributed by atoms with van der Waals surface area (Å²) in [7, 11) is 0. The van der Waals surface area contributed by atoms with Crippen LogP contribution in [0.5, 0.6) is 5.75 Å². The third kappa shape index (κ3) is 6.93. The van der Waals surface area contributed by atoms with Crippen LogP contribution in [0, 0.1) is 0 Å². The lowest BCUT2D eigenvalue weighted by Gasteiger charge is -2.37. The average molecular weight is 508 g/mol. The summed E-state index contributed by atoms with van der Waals surface area (Å²) in [5.74, 6) is 6.37. The number of ether oxygens (including phenoxy) is 1. The molecule has 8 nitrogen and oxygen atoms in total. The SMILES string of the molecule is [2H]c1c([2H])c(N2CCN(c3ccc(O)cc3)CC2)c([2H])c([2H])c1NC(=O)N(N)[C@H](CC)[C@H](C)OCc1ccccc1. The molecule has 0 unspecified atom stereocenters. The Morgan fingerprint density at radius 2 is 1.62 bits per heavy atom. The molecule has 37 heavy (non-hydrogen) atoms. The monoisotopic (exact) mass is 507 g/mol. The second-order valence-corrected chi connectivity index (χ2v) is 9.03. The topological polar surface area (TPSA) is 94.3 Å². The number of amides is 2. The van der Waals surface area contributed by atoms with E-state index in [2.05, 4.69) is 10.2 Å². The molecule has 0 radical (unpaired) electrons. The molecule has 0 saturated carbocycles. The van der Waals surface area contributed by atoms with E-state index in [-0.39, 0.29) is 41.3 Å². The molecular weight excluding hydrogens is 466 g/mol. The zero-order valence-corrected chi connectivity index (χ0v) is 21.3. The summed E-state index contributed by atoms with van der Waals surface area (Å²) >= 11 is 0. The Morgan fingerprint density at radius 3 is 2.22 bits per heavy atom. The van der Waals surface area contributed by atoms with Crippen LogP contribution in [-0.4, -0.2) is 54.5 Å². The van der Waals surface area contributed by atoms with Crippen LogP contribution in [0.3, 0.4) is 0 Å². The summed E-state index contributed by atoms with van der Waals surface area (Å²) in [6.45, 7) is 6.25. The second kappa shape index (κ2) is 12.5. The highest BCUT2D eigenvalue weighted by Gasteiger charge is 2.26. The summed E-state index contributed by atoms with van der Waals surface area (Å²) in [4.78, 5) is 17.1. The zero-order valence-electron chi connectivity index (χ0n) is 25.3. The number of phenolic OH excluding ortho intramolecular Hbond substituents is 1. The first-order valence-electron chi connectivity index (χ1n) is 14.5.